The molecule has 0 spiro atoms. The molecule has 0 aliphatic rings. The summed E-state index contributed by atoms with van der Waals surface area (Å²) >= 11 is 0. The molecule has 0 saturated carbocycles. The van der Waals surface area contributed by atoms with Gasteiger partial charge in [0.15, 0.2) is 5.78 Å². The highest BCUT2D eigenvalue weighted by molar-refractivity contribution is 5.99. The molecule has 0 aromatic carbocycles. The van der Waals surface area contributed by atoms with Crippen LogP contribution in [0.25, 0.3) is 0 Å². The molecular formula is C7H11NO3. The van der Waals surface area contributed by atoms with Gasteiger partial charge >= 0.3 is 5.97 Å². The molecule has 0 amide bonds. The van der Waals surface area contributed by atoms with E-state index in [1.165, 1.54) is 20.1 Å². The van der Waals surface area contributed by atoms with Crippen LogP contribution in [0.5, 0.6) is 0 Å². The number of ketones is 1. The highest BCUT2D eigenvalue weighted by Gasteiger charge is 2.04. The maximum Gasteiger partial charge on any atom is 0.333 e. The van der Waals surface area contributed by atoms with Crippen molar-refractivity contribution in [3.8, 4) is 0 Å². The normalized spacial score (nSPS) is 11.0. The van der Waals surface area contributed by atoms with E-state index in [9.17, 15) is 9.59 Å². The van der Waals surface area contributed by atoms with Crippen molar-refractivity contribution in [1.29, 1.82) is 0 Å². The predicted octanol–water partition coefficient (Wildman–Crippen LogP) is -0.366. The fourth-order valence-corrected chi connectivity index (χ4v) is 0.520. The Bertz CT molecular complexity index is 196. The largest absolute Gasteiger partial charge is 0.466 e. The van der Waals surface area contributed by atoms with Gasteiger partial charge < -0.3 is 10.5 Å². The van der Waals surface area contributed by atoms with Gasteiger partial charge in [-0.1, -0.05) is 0 Å². The second-order valence-corrected chi connectivity index (χ2v) is 1.99. The summed E-state index contributed by atoms with van der Waals surface area (Å²) in [5, 5.41) is 0. The number of rotatable bonds is 3. The molecule has 11 heavy (non-hydrogen) atoms. The van der Waals surface area contributed by atoms with Crippen LogP contribution in [0.15, 0.2) is 11.6 Å². The molecule has 0 fully saturated rings. The van der Waals surface area contributed by atoms with Gasteiger partial charge in [0.2, 0.25) is 0 Å². The van der Waals surface area contributed by atoms with Crippen LogP contribution >= 0.6 is 0 Å². The summed E-state index contributed by atoms with van der Waals surface area (Å²) in [7, 11) is 1.26. The van der Waals surface area contributed by atoms with Gasteiger partial charge in [0, 0.05) is 5.57 Å². The van der Waals surface area contributed by atoms with Crippen molar-refractivity contribution < 1.29 is 14.3 Å². The van der Waals surface area contributed by atoms with Gasteiger partial charge in [0.1, 0.15) is 0 Å². The Morgan fingerprint density at radius 1 is 1.55 bits per heavy atom. The number of methoxy groups -OCH3 is 1. The minimum absolute atomic E-state index is 0.0890. The zero-order chi connectivity index (χ0) is 8.85. The third-order valence-corrected chi connectivity index (χ3v) is 1.09. The molecule has 62 valence electrons. The fraction of sp³-hybridized carbons (Fsp3) is 0.429. The number of hydrogen-bond donors (Lipinski definition) is 1. The number of esters is 1. The summed E-state index contributed by atoms with van der Waals surface area (Å²) in [6, 6.07) is 0. The maximum absolute atomic E-state index is 10.7. The fourth-order valence-electron chi connectivity index (χ4n) is 0.520. The van der Waals surface area contributed by atoms with Crippen LogP contribution in [0.4, 0.5) is 0 Å². The van der Waals surface area contributed by atoms with Gasteiger partial charge in [0.05, 0.1) is 13.7 Å². The molecule has 0 heterocycles. The van der Waals surface area contributed by atoms with Crippen LogP contribution in [0, 0.1) is 0 Å². The lowest BCUT2D eigenvalue weighted by molar-refractivity contribution is -0.136. The molecule has 0 aliphatic carbocycles. The molecule has 4 heteroatoms. The highest BCUT2D eigenvalue weighted by Crippen LogP contribution is 1.94. The average molecular weight is 157 g/mol. The zero-order valence-electron chi connectivity index (χ0n) is 6.59. The van der Waals surface area contributed by atoms with Crippen LogP contribution in [-0.4, -0.2) is 25.4 Å². The number of hydrogen-bond acceptors (Lipinski definition) is 4. The summed E-state index contributed by atoms with van der Waals surface area (Å²) in [5.41, 5.74) is 5.28. The number of nitrogens with two attached hydrogens (primary N) is 1. The quantitative estimate of drug-likeness (QED) is 0.448. The first-order valence-electron chi connectivity index (χ1n) is 3.11. The molecular weight excluding hydrogens is 146 g/mol. The maximum atomic E-state index is 10.7. The van der Waals surface area contributed by atoms with E-state index in [2.05, 4.69) is 4.74 Å². The lowest BCUT2D eigenvalue weighted by Crippen LogP contribution is -2.12. The molecule has 0 radical (unpaired) electrons. The topological polar surface area (TPSA) is 69.4 Å². The van der Waals surface area contributed by atoms with E-state index in [1.54, 1.807) is 0 Å². The summed E-state index contributed by atoms with van der Waals surface area (Å²) < 4.78 is 4.36. The Kier molecular flexibility index (Phi) is 4.14. The zero-order valence-corrected chi connectivity index (χ0v) is 6.59. The van der Waals surface area contributed by atoms with Crippen LogP contribution in [-0.2, 0) is 14.3 Å². The Labute approximate surface area is 65.0 Å². The van der Waals surface area contributed by atoms with Crippen LogP contribution in [0.2, 0.25) is 0 Å². The predicted molar refractivity (Wildman–Crippen MR) is 39.8 cm³/mol. The van der Waals surface area contributed by atoms with Gasteiger partial charge in [0.25, 0.3) is 0 Å². The first-order valence-corrected chi connectivity index (χ1v) is 3.11. The SMILES string of the molecule is COC(=O)C(C)=CC(=O)CN. The molecule has 0 rings (SSSR count). The number of carbonyl (C=O) groups is 2. The highest BCUT2D eigenvalue weighted by atomic mass is 16.5. The van der Waals surface area contributed by atoms with Crippen molar-refractivity contribution in [2.24, 2.45) is 5.73 Å². The van der Waals surface area contributed by atoms with Gasteiger partial charge in [-0.05, 0) is 13.0 Å². The van der Waals surface area contributed by atoms with E-state index in [0.717, 1.165) is 0 Å². The Hall–Kier alpha value is -1.16. The van der Waals surface area contributed by atoms with Crippen molar-refractivity contribution in [2.45, 2.75) is 6.92 Å². The Balaban J connectivity index is 4.21. The van der Waals surface area contributed by atoms with Gasteiger partial charge in [-0.25, -0.2) is 4.79 Å². The van der Waals surface area contributed by atoms with Crippen molar-refractivity contribution in [3.05, 3.63) is 11.6 Å². The Morgan fingerprint density at radius 3 is 2.45 bits per heavy atom. The first kappa shape index (κ1) is 9.84. The summed E-state index contributed by atoms with van der Waals surface area (Å²) in [6.07, 6.45) is 1.17. The molecule has 0 aromatic rings. The van der Waals surface area contributed by atoms with Crippen LogP contribution < -0.4 is 5.73 Å². The second kappa shape index (κ2) is 4.62. The van der Waals surface area contributed by atoms with E-state index < -0.39 is 5.97 Å². The minimum atomic E-state index is -0.508. The van der Waals surface area contributed by atoms with E-state index in [1.807, 2.05) is 0 Å². The molecule has 0 bridgehead atoms. The minimum Gasteiger partial charge on any atom is -0.466 e. The van der Waals surface area contributed by atoms with E-state index >= 15 is 0 Å². The average Bonchev–Trinajstić information content (AvgIpc) is 2.02. The van der Waals surface area contributed by atoms with Crippen molar-refractivity contribution >= 4 is 11.8 Å². The standard InChI is InChI=1S/C7H11NO3/c1-5(7(10)11-2)3-6(9)4-8/h3H,4,8H2,1-2H3. The van der Waals surface area contributed by atoms with Crippen molar-refractivity contribution in [1.82, 2.24) is 0 Å². The molecule has 2 N–H and O–H groups in total. The van der Waals surface area contributed by atoms with E-state index in [0.29, 0.717) is 0 Å². The lowest BCUT2D eigenvalue weighted by Gasteiger charge is -1.96. The molecule has 0 aliphatic heterocycles. The van der Waals surface area contributed by atoms with Crippen LogP contribution in [0.3, 0.4) is 0 Å². The van der Waals surface area contributed by atoms with Crippen molar-refractivity contribution in [2.75, 3.05) is 13.7 Å². The van der Waals surface area contributed by atoms with Crippen LogP contribution in [0.1, 0.15) is 6.92 Å². The van der Waals surface area contributed by atoms with Crippen molar-refractivity contribution in [3.63, 3.8) is 0 Å². The monoisotopic (exact) mass is 157 g/mol. The summed E-state index contributed by atoms with van der Waals surface area (Å²) in [6.45, 7) is 1.41. The Morgan fingerprint density at radius 2 is 2.09 bits per heavy atom. The lowest BCUT2D eigenvalue weighted by atomic mass is 10.2. The third kappa shape index (κ3) is 3.52. The summed E-state index contributed by atoms with van der Waals surface area (Å²) in [5.74, 6) is -0.792. The number of carbonyl (C=O) groups excluding carboxylic acids is 2. The van der Waals surface area contributed by atoms with E-state index in [4.69, 9.17) is 5.73 Å². The number of ether oxygens (including phenoxy) is 1. The summed E-state index contributed by atoms with van der Waals surface area (Å²) in [4.78, 5) is 21.3. The molecule has 0 atom stereocenters. The molecule has 0 unspecified atom stereocenters. The van der Waals surface area contributed by atoms with Gasteiger partial charge in [-0.15, -0.1) is 0 Å². The molecule has 0 aromatic heterocycles. The third-order valence-electron chi connectivity index (χ3n) is 1.09. The second-order valence-electron chi connectivity index (χ2n) is 1.99. The van der Waals surface area contributed by atoms with Gasteiger partial charge in [-0.2, -0.15) is 0 Å². The van der Waals surface area contributed by atoms with Gasteiger partial charge in [-0.3, -0.25) is 4.79 Å². The van der Waals surface area contributed by atoms with E-state index in [-0.39, 0.29) is 17.9 Å². The molecule has 0 saturated heterocycles. The molecule has 4 nitrogen and oxygen atoms in total. The smallest absolute Gasteiger partial charge is 0.333 e. The first-order chi connectivity index (χ1) is 5.11.